The molecule has 0 unspecified atom stereocenters. The molecule has 4 amide bonds. The summed E-state index contributed by atoms with van der Waals surface area (Å²) in [5, 5.41) is 2.27. The van der Waals surface area contributed by atoms with Crippen LogP contribution in [0.2, 0.25) is 0 Å². The number of imide groups is 2. The lowest BCUT2D eigenvalue weighted by Gasteiger charge is -2.26. The summed E-state index contributed by atoms with van der Waals surface area (Å²) in [6.07, 6.45) is 4.44. The number of allylic oxidation sites excluding steroid dienone is 1. The van der Waals surface area contributed by atoms with Crippen LogP contribution in [0.4, 0.5) is 10.5 Å². The van der Waals surface area contributed by atoms with Crippen LogP contribution < -0.4 is 29.2 Å². The molecule has 1 fully saturated rings. The van der Waals surface area contributed by atoms with E-state index < -0.39 is 17.8 Å². The summed E-state index contributed by atoms with van der Waals surface area (Å²) in [6, 6.07) is 15.4. The Morgan fingerprint density at radius 2 is 1.71 bits per heavy atom. The number of rotatable bonds is 10. The van der Waals surface area contributed by atoms with E-state index in [0.29, 0.717) is 47.3 Å². The highest BCUT2D eigenvalue weighted by Crippen LogP contribution is 2.37. The summed E-state index contributed by atoms with van der Waals surface area (Å²) < 4.78 is 23.0. The van der Waals surface area contributed by atoms with Crippen LogP contribution >= 0.6 is 0 Å². The molecule has 1 saturated heterocycles. The van der Waals surface area contributed by atoms with Gasteiger partial charge in [0.15, 0.2) is 23.0 Å². The molecule has 3 aromatic rings. The summed E-state index contributed by atoms with van der Waals surface area (Å²) in [5.41, 5.74) is 3.43. The average Bonchev–Trinajstić information content (AvgIpc) is 3.43. The fraction of sp³-hybridized carbons (Fsp3) is 0.219. The van der Waals surface area contributed by atoms with Gasteiger partial charge in [-0.2, -0.15) is 0 Å². The molecule has 41 heavy (non-hydrogen) atoms. The van der Waals surface area contributed by atoms with Crippen molar-refractivity contribution in [2.45, 2.75) is 33.3 Å². The molecular weight excluding hydrogens is 524 g/mol. The smallest absolute Gasteiger partial charge is 0.335 e. The second kappa shape index (κ2) is 12.0. The van der Waals surface area contributed by atoms with Gasteiger partial charge in [0, 0.05) is 5.56 Å². The highest BCUT2D eigenvalue weighted by molar-refractivity contribution is 6.39. The number of ether oxygens (including phenoxy) is 4. The molecule has 0 saturated carbocycles. The van der Waals surface area contributed by atoms with E-state index in [0.717, 1.165) is 28.0 Å². The van der Waals surface area contributed by atoms with Crippen molar-refractivity contribution in [1.29, 1.82) is 0 Å². The van der Waals surface area contributed by atoms with Gasteiger partial charge in [-0.1, -0.05) is 31.2 Å². The molecule has 0 bridgehead atoms. The number of fused-ring (bicyclic) bond motifs is 1. The Morgan fingerprint density at radius 3 is 2.44 bits per heavy atom. The largest absolute Gasteiger partial charge is 0.490 e. The monoisotopic (exact) mass is 554 g/mol. The maximum atomic E-state index is 13.4. The van der Waals surface area contributed by atoms with Crippen LogP contribution in [0.3, 0.4) is 0 Å². The molecule has 0 aromatic heterocycles. The third kappa shape index (κ3) is 5.79. The van der Waals surface area contributed by atoms with Crippen molar-refractivity contribution < 1.29 is 33.3 Å². The van der Waals surface area contributed by atoms with Gasteiger partial charge < -0.3 is 18.9 Å². The van der Waals surface area contributed by atoms with Crippen LogP contribution in [0.15, 0.2) is 72.8 Å². The SMILES string of the molecule is C=CCc1cc(/C=C2/C(=O)NC(=O)N(c3ccc(CC)cc3)C2=O)cc(OCC)c1OCc1ccc2c(c1)OCO2. The van der Waals surface area contributed by atoms with E-state index in [1.807, 2.05) is 50.2 Å². The fourth-order valence-electron chi connectivity index (χ4n) is 4.63. The Labute approximate surface area is 238 Å². The van der Waals surface area contributed by atoms with E-state index in [9.17, 15) is 14.4 Å². The van der Waals surface area contributed by atoms with Crippen LogP contribution in [0.5, 0.6) is 23.0 Å². The minimum Gasteiger partial charge on any atom is -0.490 e. The first-order valence-corrected chi connectivity index (χ1v) is 13.3. The lowest BCUT2D eigenvalue weighted by Crippen LogP contribution is -2.54. The van der Waals surface area contributed by atoms with Crippen LogP contribution in [0, 0.1) is 0 Å². The molecule has 2 aliphatic heterocycles. The standard InChI is InChI=1S/C32H30N2O7/c1-4-7-23-14-22(15-25-30(35)33-32(37)34(31(25)36)24-11-8-20(5-2)9-12-24)17-28(38-6-3)29(23)39-18-21-10-13-26-27(16-21)41-19-40-26/h4,8-17H,1,5-7,18-19H2,2-3H3,(H,33,35,37)/b25-15-. The third-order valence-corrected chi connectivity index (χ3v) is 6.65. The van der Waals surface area contributed by atoms with E-state index in [4.69, 9.17) is 18.9 Å². The molecule has 0 radical (unpaired) electrons. The minimum atomic E-state index is -0.795. The number of amides is 4. The molecule has 1 N–H and O–H groups in total. The zero-order valence-corrected chi connectivity index (χ0v) is 22.9. The lowest BCUT2D eigenvalue weighted by molar-refractivity contribution is -0.122. The van der Waals surface area contributed by atoms with Gasteiger partial charge in [-0.05, 0) is 78.9 Å². The molecule has 2 aliphatic rings. The summed E-state index contributed by atoms with van der Waals surface area (Å²) in [7, 11) is 0. The zero-order valence-electron chi connectivity index (χ0n) is 22.9. The number of carbonyl (C=O) groups is 3. The molecule has 0 atom stereocenters. The van der Waals surface area contributed by atoms with Crippen molar-refractivity contribution >= 4 is 29.6 Å². The minimum absolute atomic E-state index is 0.176. The normalized spacial score (nSPS) is 15.2. The van der Waals surface area contributed by atoms with Crippen molar-refractivity contribution in [2.75, 3.05) is 18.3 Å². The quantitative estimate of drug-likeness (QED) is 0.205. The van der Waals surface area contributed by atoms with Gasteiger partial charge in [-0.15, -0.1) is 6.58 Å². The topological polar surface area (TPSA) is 103 Å². The number of hydrogen-bond acceptors (Lipinski definition) is 7. The number of anilines is 1. The van der Waals surface area contributed by atoms with Crippen LogP contribution in [0.25, 0.3) is 6.08 Å². The van der Waals surface area contributed by atoms with Gasteiger partial charge >= 0.3 is 6.03 Å². The molecule has 9 heteroatoms. The summed E-state index contributed by atoms with van der Waals surface area (Å²) in [6.45, 7) is 8.52. The van der Waals surface area contributed by atoms with Crippen molar-refractivity contribution in [3.63, 3.8) is 0 Å². The molecule has 210 valence electrons. The van der Waals surface area contributed by atoms with Gasteiger partial charge in [0.2, 0.25) is 6.79 Å². The maximum Gasteiger partial charge on any atom is 0.335 e. The molecule has 5 rings (SSSR count). The predicted octanol–water partition coefficient (Wildman–Crippen LogP) is 5.35. The molecule has 0 aliphatic carbocycles. The summed E-state index contributed by atoms with van der Waals surface area (Å²) in [4.78, 5) is 39.8. The maximum absolute atomic E-state index is 13.4. The van der Waals surface area contributed by atoms with E-state index >= 15 is 0 Å². The molecule has 3 aromatic carbocycles. The molecule has 9 nitrogen and oxygen atoms in total. The summed E-state index contributed by atoms with van der Waals surface area (Å²) >= 11 is 0. The van der Waals surface area contributed by atoms with Crippen LogP contribution in [-0.2, 0) is 29.0 Å². The number of nitrogens with zero attached hydrogens (tertiary/aromatic N) is 1. The first kappa shape index (κ1) is 27.5. The zero-order chi connectivity index (χ0) is 28.9. The van der Waals surface area contributed by atoms with Gasteiger partial charge in [0.25, 0.3) is 11.8 Å². The van der Waals surface area contributed by atoms with Gasteiger partial charge in [-0.25, -0.2) is 9.69 Å². The van der Waals surface area contributed by atoms with Gasteiger partial charge in [-0.3, -0.25) is 14.9 Å². The van der Waals surface area contributed by atoms with Crippen molar-refractivity contribution in [3.8, 4) is 23.0 Å². The van der Waals surface area contributed by atoms with E-state index in [1.54, 1.807) is 24.3 Å². The van der Waals surface area contributed by atoms with Gasteiger partial charge in [0.1, 0.15) is 12.2 Å². The van der Waals surface area contributed by atoms with Crippen molar-refractivity contribution in [1.82, 2.24) is 5.32 Å². The highest BCUT2D eigenvalue weighted by Gasteiger charge is 2.37. The second-order valence-corrected chi connectivity index (χ2v) is 9.39. The van der Waals surface area contributed by atoms with Crippen molar-refractivity contribution in [2.24, 2.45) is 0 Å². The van der Waals surface area contributed by atoms with Crippen LogP contribution in [-0.4, -0.2) is 31.2 Å². The Kier molecular flexibility index (Phi) is 8.05. The first-order valence-electron chi connectivity index (χ1n) is 13.3. The Morgan fingerprint density at radius 1 is 0.951 bits per heavy atom. The Balaban J connectivity index is 1.47. The fourth-order valence-corrected chi connectivity index (χ4v) is 4.63. The highest BCUT2D eigenvalue weighted by atomic mass is 16.7. The first-order chi connectivity index (χ1) is 19.9. The molecule has 0 spiro atoms. The summed E-state index contributed by atoms with van der Waals surface area (Å²) in [5.74, 6) is 0.842. The lowest BCUT2D eigenvalue weighted by atomic mass is 10.0. The van der Waals surface area contributed by atoms with E-state index in [1.165, 1.54) is 6.08 Å². The number of hydrogen-bond donors (Lipinski definition) is 1. The van der Waals surface area contributed by atoms with Crippen LogP contribution in [0.1, 0.15) is 36.1 Å². The number of urea groups is 1. The second-order valence-electron chi connectivity index (χ2n) is 9.39. The Hall–Kier alpha value is -5.05. The number of aryl methyl sites for hydroxylation is 1. The number of nitrogens with one attached hydrogen (secondary N) is 1. The average molecular weight is 555 g/mol. The number of benzene rings is 3. The van der Waals surface area contributed by atoms with Crippen molar-refractivity contribution in [3.05, 3.63) is 95.1 Å². The number of carbonyl (C=O) groups excluding carboxylic acids is 3. The van der Waals surface area contributed by atoms with E-state index in [2.05, 4.69) is 11.9 Å². The molecular formula is C32H30N2O7. The third-order valence-electron chi connectivity index (χ3n) is 6.65. The van der Waals surface area contributed by atoms with Gasteiger partial charge in [0.05, 0.1) is 12.3 Å². The Bertz CT molecular complexity index is 1540. The predicted molar refractivity (Wildman–Crippen MR) is 153 cm³/mol. The number of barbiturate groups is 1. The van der Waals surface area contributed by atoms with E-state index in [-0.39, 0.29) is 19.0 Å². The molecule has 2 heterocycles.